The van der Waals surface area contributed by atoms with Gasteiger partial charge in [-0.15, -0.1) is 0 Å². The van der Waals surface area contributed by atoms with E-state index in [-0.39, 0.29) is 5.91 Å². The van der Waals surface area contributed by atoms with E-state index in [1.165, 1.54) is 37.9 Å². The van der Waals surface area contributed by atoms with Crippen molar-refractivity contribution in [1.29, 1.82) is 0 Å². The number of rotatable bonds is 6. The van der Waals surface area contributed by atoms with Crippen LogP contribution in [-0.4, -0.2) is 59.1 Å². The monoisotopic (exact) mass is 358 g/mol. The molecule has 4 nitrogen and oxygen atoms in total. The van der Waals surface area contributed by atoms with Crippen molar-refractivity contribution >= 4 is 5.91 Å². The summed E-state index contributed by atoms with van der Waals surface area (Å²) >= 11 is 0. The molecule has 2 aliphatic heterocycles. The van der Waals surface area contributed by atoms with E-state index in [1.54, 1.807) is 0 Å². The Bertz CT molecular complexity index is 585. The van der Waals surface area contributed by atoms with Crippen LogP contribution in [0.2, 0.25) is 0 Å². The van der Waals surface area contributed by atoms with Crippen LogP contribution in [0.1, 0.15) is 61.9 Å². The first kappa shape index (κ1) is 19.4. The predicted octanol–water partition coefficient (Wildman–Crippen LogP) is 3.34. The zero-order valence-electron chi connectivity index (χ0n) is 16.4. The lowest BCUT2D eigenvalue weighted by Crippen LogP contribution is -2.43. The second-order valence-corrected chi connectivity index (χ2v) is 8.78. The van der Waals surface area contributed by atoms with Crippen molar-refractivity contribution in [3.05, 3.63) is 35.4 Å². The van der Waals surface area contributed by atoms with E-state index in [0.29, 0.717) is 5.92 Å². The van der Waals surface area contributed by atoms with Gasteiger partial charge < -0.3 is 14.9 Å². The summed E-state index contributed by atoms with van der Waals surface area (Å²) in [6.45, 7) is 9.07. The number of carbonyl (C=O) groups is 1. The molecule has 0 aliphatic carbocycles. The SMILES string of the molecule is CC(C)(O)CCc1ccc(C(=O)N2CCC[C@H](CN3CCCC3)C2)cc1. The molecular formula is C22H34N2O2. The van der Waals surface area contributed by atoms with Gasteiger partial charge in [-0.25, -0.2) is 0 Å². The molecule has 0 radical (unpaired) electrons. The maximum absolute atomic E-state index is 12.9. The van der Waals surface area contributed by atoms with Gasteiger partial charge in [0, 0.05) is 25.2 Å². The van der Waals surface area contributed by atoms with Gasteiger partial charge in [-0.05, 0) is 89.1 Å². The summed E-state index contributed by atoms with van der Waals surface area (Å²) in [6.07, 6.45) is 6.58. The van der Waals surface area contributed by atoms with Crippen LogP contribution in [0.4, 0.5) is 0 Å². The van der Waals surface area contributed by atoms with Crippen LogP contribution < -0.4 is 0 Å². The van der Waals surface area contributed by atoms with Gasteiger partial charge in [0.25, 0.3) is 5.91 Å². The first-order valence-electron chi connectivity index (χ1n) is 10.2. The second-order valence-electron chi connectivity index (χ2n) is 8.78. The van der Waals surface area contributed by atoms with E-state index in [4.69, 9.17) is 0 Å². The van der Waals surface area contributed by atoms with Crippen LogP contribution in [0.15, 0.2) is 24.3 Å². The summed E-state index contributed by atoms with van der Waals surface area (Å²) in [5, 5.41) is 9.85. The standard InChI is InChI=1S/C22H34N2O2/c1-22(2,26)12-11-18-7-9-20(10-8-18)21(25)24-15-5-6-19(17-24)16-23-13-3-4-14-23/h7-10,19,26H,3-6,11-17H2,1-2H3/t19-/m1/s1. The number of nitrogens with zero attached hydrogens (tertiary/aromatic N) is 2. The van der Waals surface area contributed by atoms with Crippen molar-refractivity contribution in [2.45, 2.75) is 58.0 Å². The summed E-state index contributed by atoms with van der Waals surface area (Å²) in [4.78, 5) is 17.5. The van der Waals surface area contributed by atoms with Crippen molar-refractivity contribution in [3.63, 3.8) is 0 Å². The Kier molecular flexibility index (Phi) is 6.36. The summed E-state index contributed by atoms with van der Waals surface area (Å²) in [5.41, 5.74) is 1.32. The van der Waals surface area contributed by atoms with Gasteiger partial charge in [0.15, 0.2) is 0 Å². The molecule has 0 spiro atoms. The molecule has 2 saturated heterocycles. The minimum absolute atomic E-state index is 0.171. The Labute approximate surface area is 158 Å². The maximum atomic E-state index is 12.9. The van der Waals surface area contributed by atoms with Crippen molar-refractivity contribution in [1.82, 2.24) is 9.80 Å². The number of aliphatic hydroxyl groups is 1. The first-order chi connectivity index (χ1) is 12.4. The van der Waals surface area contributed by atoms with Crippen LogP contribution in [0, 0.1) is 5.92 Å². The molecule has 144 valence electrons. The molecule has 26 heavy (non-hydrogen) atoms. The van der Waals surface area contributed by atoms with Crippen LogP contribution in [0.25, 0.3) is 0 Å². The molecule has 1 aromatic carbocycles. The van der Waals surface area contributed by atoms with Gasteiger partial charge in [-0.1, -0.05) is 12.1 Å². The molecule has 4 heteroatoms. The number of aryl methyl sites for hydroxylation is 1. The molecule has 0 bridgehead atoms. The first-order valence-corrected chi connectivity index (χ1v) is 10.2. The predicted molar refractivity (Wildman–Crippen MR) is 105 cm³/mol. The van der Waals surface area contributed by atoms with Crippen LogP contribution in [0.5, 0.6) is 0 Å². The zero-order valence-corrected chi connectivity index (χ0v) is 16.4. The minimum atomic E-state index is -0.646. The Hall–Kier alpha value is -1.39. The number of benzene rings is 1. The fraction of sp³-hybridized carbons (Fsp3) is 0.682. The highest BCUT2D eigenvalue weighted by Crippen LogP contribution is 2.22. The van der Waals surface area contributed by atoms with Crippen LogP contribution in [-0.2, 0) is 6.42 Å². The van der Waals surface area contributed by atoms with Gasteiger partial charge in [-0.3, -0.25) is 4.79 Å². The molecule has 2 fully saturated rings. The molecular weight excluding hydrogens is 324 g/mol. The van der Waals surface area contributed by atoms with E-state index in [0.717, 1.165) is 44.5 Å². The molecule has 1 amide bonds. The second kappa shape index (κ2) is 8.53. The van der Waals surface area contributed by atoms with Crippen molar-refractivity contribution in [2.75, 3.05) is 32.7 Å². The number of likely N-dealkylation sites (tertiary alicyclic amines) is 2. The maximum Gasteiger partial charge on any atom is 0.253 e. The number of piperidine rings is 1. The molecule has 0 unspecified atom stereocenters. The topological polar surface area (TPSA) is 43.8 Å². The van der Waals surface area contributed by atoms with Crippen LogP contribution in [0.3, 0.4) is 0 Å². The quantitative estimate of drug-likeness (QED) is 0.848. The normalized spacial score (nSPS) is 22.0. The highest BCUT2D eigenvalue weighted by molar-refractivity contribution is 5.94. The number of carbonyl (C=O) groups excluding carboxylic acids is 1. The summed E-state index contributed by atoms with van der Waals surface area (Å²) < 4.78 is 0. The molecule has 1 atom stereocenters. The lowest BCUT2D eigenvalue weighted by atomic mass is 9.96. The number of amides is 1. The van der Waals surface area contributed by atoms with E-state index in [9.17, 15) is 9.90 Å². The molecule has 0 aromatic heterocycles. The third-order valence-electron chi connectivity index (χ3n) is 5.75. The number of hydrogen-bond donors (Lipinski definition) is 1. The van der Waals surface area contributed by atoms with E-state index in [1.807, 2.05) is 38.1 Å². The van der Waals surface area contributed by atoms with Gasteiger partial charge >= 0.3 is 0 Å². The average Bonchev–Trinajstić information content (AvgIpc) is 3.12. The van der Waals surface area contributed by atoms with Crippen LogP contribution >= 0.6 is 0 Å². The third-order valence-corrected chi connectivity index (χ3v) is 5.75. The minimum Gasteiger partial charge on any atom is -0.390 e. The van der Waals surface area contributed by atoms with Gasteiger partial charge in [0.1, 0.15) is 0 Å². The molecule has 2 aliphatic rings. The molecule has 1 aromatic rings. The smallest absolute Gasteiger partial charge is 0.253 e. The Morgan fingerprint density at radius 2 is 1.81 bits per heavy atom. The van der Waals surface area contributed by atoms with E-state index in [2.05, 4.69) is 9.80 Å². The van der Waals surface area contributed by atoms with Gasteiger partial charge in [-0.2, -0.15) is 0 Å². The summed E-state index contributed by atoms with van der Waals surface area (Å²) in [7, 11) is 0. The fourth-order valence-electron chi connectivity index (χ4n) is 4.18. The highest BCUT2D eigenvalue weighted by Gasteiger charge is 2.26. The lowest BCUT2D eigenvalue weighted by Gasteiger charge is -2.34. The van der Waals surface area contributed by atoms with Gasteiger partial charge in [0.05, 0.1) is 5.60 Å². The Balaban J connectivity index is 1.54. The molecule has 0 saturated carbocycles. The van der Waals surface area contributed by atoms with E-state index >= 15 is 0 Å². The molecule has 2 heterocycles. The molecule has 3 rings (SSSR count). The Morgan fingerprint density at radius 3 is 2.46 bits per heavy atom. The van der Waals surface area contributed by atoms with Crippen molar-refractivity contribution in [2.24, 2.45) is 5.92 Å². The fourth-order valence-corrected chi connectivity index (χ4v) is 4.18. The molecule has 1 N–H and O–H groups in total. The van der Waals surface area contributed by atoms with Gasteiger partial charge in [0.2, 0.25) is 0 Å². The van der Waals surface area contributed by atoms with E-state index < -0.39 is 5.60 Å². The average molecular weight is 359 g/mol. The Morgan fingerprint density at radius 1 is 1.12 bits per heavy atom. The largest absolute Gasteiger partial charge is 0.390 e. The third kappa shape index (κ3) is 5.55. The lowest BCUT2D eigenvalue weighted by molar-refractivity contribution is 0.0647. The summed E-state index contributed by atoms with van der Waals surface area (Å²) in [5.74, 6) is 0.794. The van der Waals surface area contributed by atoms with Crippen molar-refractivity contribution < 1.29 is 9.90 Å². The number of hydrogen-bond acceptors (Lipinski definition) is 3. The zero-order chi connectivity index (χ0) is 18.6. The van der Waals surface area contributed by atoms with Crippen molar-refractivity contribution in [3.8, 4) is 0 Å². The highest BCUT2D eigenvalue weighted by atomic mass is 16.3. The summed E-state index contributed by atoms with van der Waals surface area (Å²) in [6, 6.07) is 7.97.